The number of hydrazone groups is 1. The fourth-order valence-corrected chi connectivity index (χ4v) is 2.88. The highest BCUT2D eigenvalue weighted by Gasteiger charge is 2.18. The summed E-state index contributed by atoms with van der Waals surface area (Å²) in [4.78, 5) is 21.2. The molecule has 0 atom stereocenters. The topological polar surface area (TPSA) is 120 Å². The third kappa shape index (κ3) is 4.70. The lowest BCUT2D eigenvalue weighted by Gasteiger charge is -2.10. The summed E-state index contributed by atoms with van der Waals surface area (Å²) in [7, 11) is 1.35. The number of non-ortho nitro benzene ring substituents is 1. The van der Waals surface area contributed by atoms with Crippen LogP contribution >= 0.6 is 11.6 Å². The fraction of sp³-hybridized carbons (Fsp3) is 0.0500. The molecule has 0 heterocycles. The van der Waals surface area contributed by atoms with Gasteiger partial charge in [-0.2, -0.15) is 5.10 Å². The molecule has 10 heteroatoms. The highest BCUT2D eigenvalue weighted by Crippen LogP contribution is 2.29. The van der Waals surface area contributed by atoms with Gasteiger partial charge in [-0.15, -0.1) is 0 Å². The molecule has 3 aromatic carbocycles. The number of hydrogen-bond acceptors (Lipinski definition) is 7. The Morgan fingerprint density at radius 3 is 2.27 bits per heavy atom. The summed E-state index contributed by atoms with van der Waals surface area (Å²) < 4.78 is 5.05. The number of ether oxygens (including phenoxy) is 1. The molecule has 0 aliphatic rings. The van der Waals surface area contributed by atoms with Crippen molar-refractivity contribution in [2.24, 2.45) is 5.10 Å². The number of methoxy groups -OCH3 is 1. The van der Waals surface area contributed by atoms with Crippen LogP contribution in [0.25, 0.3) is 0 Å². The van der Waals surface area contributed by atoms with E-state index in [-0.39, 0.29) is 17.1 Å². The zero-order valence-corrected chi connectivity index (χ0v) is 16.4. The van der Waals surface area contributed by atoms with Crippen LogP contribution in [0.4, 0.5) is 17.1 Å². The average Bonchev–Trinajstić information content (AvgIpc) is 2.74. The Labute approximate surface area is 175 Å². The molecule has 0 saturated heterocycles. The summed E-state index contributed by atoms with van der Waals surface area (Å²) in [6.07, 6.45) is 0. The smallest absolute Gasteiger partial charge is 0.311 e. The lowest BCUT2D eigenvalue weighted by Crippen LogP contribution is -2.08. The number of nitrogens with one attached hydrogen (secondary N) is 1. The molecule has 3 rings (SSSR count). The number of rotatable bonds is 7. The second-order valence-corrected chi connectivity index (χ2v) is 6.47. The maximum atomic E-state index is 11.4. The predicted molar refractivity (Wildman–Crippen MR) is 113 cm³/mol. The molecule has 1 N–H and O–H groups in total. The van der Waals surface area contributed by atoms with Crippen molar-refractivity contribution >= 4 is 34.4 Å². The van der Waals surface area contributed by atoms with E-state index in [2.05, 4.69) is 10.5 Å². The highest BCUT2D eigenvalue weighted by molar-refractivity contribution is 6.31. The van der Waals surface area contributed by atoms with Gasteiger partial charge in [0.05, 0.1) is 28.4 Å². The Balaban J connectivity index is 2.05. The Bertz CT molecular complexity index is 1130. The minimum Gasteiger partial charge on any atom is -0.490 e. The van der Waals surface area contributed by atoms with Crippen molar-refractivity contribution in [3.63, 3.8) is 0 Å². The van der Waals surface area contributed by atoms with Crippen molar-refractivity contribution in [1.29, 1.82) is 0 Å². The van der Waals surface area contributed by atoms with Gasteiger partial charge in [-0.1, -0.05) is 23.7 Å². The lowest BCUT2D eigenvalue weighted by atomic mass is 10.0. The van der Waals surface area contributed by atoms with E-state index in [9.17, 15) is 20.2 Å². The van der Waals surface area contributed by atoms with Gasteiger partial charge in [-0.05, 0) is 36.4 Å². The summed E-state index contributed by atoms with van der Waals surface area (Å²) in [6.45, 7) is 0. The average molecular weight is 427 g/mol. The molecule has 30 heavy (non-hydrogen) atoms. The number of nitro benzene ring substituents is 2. The minimum absolute atomic E-state index is 0.0506. The molecular formula is C20H15ClN4O5. The monoisotopic (exact) mass is 426 g/mol. The van der Waals surface area contributed by atoms with Gasteiger partial charge in [0.15, 0.2) is 5.75 Å². The van der Waals surface area contributed by atoms with Crippen molar-refractivity contribution in [1.82, 2.24) is 0 Å². The van der Waals surface area contributed by atoms with Crippen LogP contribution in [0.5, 0.6) is 5.75 Å². The van der Waals surface area contributed by atoms with Gasteiger partial charge in [0.25, 0.3) is 5.69 Å². The maximum Gasteiger partial charge on any atom is 0.311 e. The molecule has 3 aromatic rings. The highest BCUT2D eigenvalue weighted by atomic mass is 35.5. The van der Waals surface area contributed by atoms with Crippen molar-refractivity contribution in [2.45, 2.75) is 0 Å². The third-order valence-electron chi connectivity index (χ3n) is 4.12. The van der Waals surface area contributed by atoms with Gasteiger partial charge in [-0.25, -0.2) is 0 Å². The fourth-order valence-electron chi connectivity index (χ4n) is 2.69. The van der Waals surface area contributed by atoms with E-state index < -0.39 is 9.85 Å². The molecular weight excluding hydrogens is 412 g/mol. The maximum absolute atomic E-state index is 11.4. The Morgan fingerprint density at radius 1 is 0.967 bits per heavy atom. The Morgan fingerprint density at radius 2 is 1.67 bits per heavy atom. The largest absolute Gasteiger partial charge is 0.490 e. The quantitative estimate of drug-likeness (QED) is 0.321. The Hall–Kier alpha value is -3.98. The van der Waals surface area contributed by atoms with Crippen LogP contribution in [-0.4, -0.2) is 22.7 Å². The lowest BCUT2D eigenvalue weighted by molar-refractivity contribution is -0.385. The first-order chi connectivity index (χ1) is 14.4. The van der Waals surface area contributed by atoms with Crippen molar-refractivity contribution < 1.29 is 14.6 Å². The standard InChI is InChI=1S/C20H15ClN4O5/c1-30-19-10-5-14(12-18(19)25(28)29)20(13-3-2-4-15(21)11-13)23-22-16-6-8-17(9-7-16)24(26)27/h2-12,22H,1H3/b23-20+. The van der Waals surface area contributed by atoms with Crippen LogP contribution in [-0.2, 0) is 0 Å². The number of hydrogen-bond donors (Lipinski definition) is 1. The second-order valence-electron chi connectivity index (χ2n) is 6.03. The van der Waals surface area contributed by atoms with Crippen molar-refractivity contribution in [2.75, 3.05) is 12.5 Å². The molecule has 0 spiro atoms. The first kappa shape index (κ1) is 20.7. The summed E-state index contributed by atoms with van der Waals surface area (Å²) in [5, 5.41) is 27.1. The van der Waals surface area contributed by atoms with Gasteiger partial charge < -0.3 is 4.74 Å². The molecule has 0 aliphatic carbocycles. The first-order valence-electron chi connectivity index (χ1n) is 8.56. The van der Waals surface area contributed by atoms with E-state index in [1.165, 1.54) is 43.5 Å². The van der Waals surface area contributed by atoms with Gasteiger partial charge in [0.2, 0.25) is 0 Å². The zero-order valence-electron chi connectivity index (χ0n) is 15.6. The van der Waals surface area contributed by atoms with Crippen molar-refractivity contribution in [3.8, 4) is 5.75 Å². The van der Waals surface area contributed by atoms with E-state index >= 15 is 0 Å². The summed E-state index contributed by atoms with van der Waals surface area (Å²) in [5.41, 5.74) is 4.54. The third-order valence-corrected chi connectivity index (χ3v) is 4.36. The summed E-state index contributed by atoms with van der Waals surface area (Å²) in [5.74, 6) is 0.123. The molecule has 0 unspecified atom stereocenters. The molecule has 0 bridgehead atoms. The summed E-state index contributed by atoms with van der Waals surface area (Å²) >= 11 is 6.10. The SMILES string of the molecule is COc1ccc(/C(=N/Nc2ccc([N+](=O)[O-])cc2)c2cccc(Cl)c2)cc1[N+](=O)[O-]. The molecule has 0 saturated carbocycles. The number of nitrogens with zero attached hydrogens (tertiary/aromatic N) is 3. The molecule has 0 amide bonds. The van der Waals surface area contributed by atoms with Crippen LogP contribution in [0.2, 0.25) is 5.02 Å². The number of halogens is 1. The number of benzene rings is 3. The van der Waals surface area contributed by atoms with Crippen LogP contribution < -0.4 is 10.2 Å². The molecule has 0 aliphatic heterocycles. The first-order valence-corrected chi connectivity index (χ1v) is 8.93. The van der Waals surface area contributed by atoms with Crippen LogP contribution in [0, 0.1) is 20.2 Å². The van der Waals surface area contributed by atoms with E-state index in [1.807, 2.05) is 0 Å². The normalized spacial score (nSPS) is 11.1. The molecule has 0 radical (unpaired) electrons. The Kier molecular flexibility index (Phi) is 6.23. The van der Waals surface area contributed by atoms with E-state index in [0.717, 1.165) is 0 Å². The summed E-state index contributed by atoms with van der Waals surface area (Å²) in [6, 6.07) is 17.1. The van der Waals surface area contributed by atoms with Crippen molar-refractivity contribution in [3.05, 3.63) is 103 Å². The van der Waals surface area contributed by atoms with Crippen LogP contribution in [0.1, 0.15) is 11.1 Å². The van der Waals surface area contributed by atoms with Gasteiger partial charge >= 0.3 is 5.69 Å². The molecule has 0 fully saturated rings. The van der Waals surface area contributed by atoms with E-state index in [0.29, 0.717) is 27.5 Å². The zero-order chi connectivity index (χ0) is 21.7. The van der Waals surface area contributed by atoms with Gasteiger partial charge in [-0.3, -0.25) is 25.7 Å². The van der Waals surface area contributed by atoms with E-state index in [4.69, 9.17) is 16.3 Å². The predicted octanol–water partition coefficient (Wildman–Crippen LogP) is 5.03. The molecule has 152 valence electrons. The molecule has 9 nitrogen and oxygen atoms in total. The second kappa shape index (κ2) is 9.01. The minimum atomic E-state index is -0.540. The van der Waals surface area contributed by atoms with Crippen LogP contribution in [0.3, 0.4) is 0 Å². The molecule has 0 aromatic heterocycles. The van der Waals surface area contributed by atoms with Crippen LogP contribution in [0.15, 0.2) is 71.8 Å². The van der Waals surface area contributed by atoms with Gasteiger partial charge in [0.1, 0.15) is 0 Å². The van der Waals surface area contributed by atoms with E-state index in [1.54, 1.807) is 30.3 Å². The number of nitro groups is 2. The van der Waals surface area contributed by atoms with Gasteiger partial charge in [0, 0.05) is 34.3 Å². The number of anilines is 1.